The molecule has 8 nitrogen and oxygen atoms in total. The molecule has 3 aromatic heterocycles. The summed E-state index contributed by atoms with van der Waals surface area (Å²) in [4.78, 5) is 40.3. The second-order valence-corrected chi connectivity index (χ2v) is 8.93. The van der Waals surface area contributed by atoms with Crippen LogP contribution in [0.5, 0.6) is 0 Å². The lowest BCUT2D eigenvalue weighted by atomic mass is 10.2. The quantitative estimate of drug-likeness (QED) is 0.298. The van der Waals surface area contributed by atoms with Crippen molar-refractivity contribution in [2.75, 3.05) is 6.61 Å². The molecule has 0 radical (unpaired) electrons. The highest BCUT2D eigenvalue weighted by atomic mass is 35.5. The molecular formula is C28H20ClN5O3. The Hall–Kier alpha value is -4.56. The molecule has 0 aliphatic carbocycles. The lowest BCUT2D eigenvalue weighted by Crippen LogP contribution is -2.21. The predicted molar refractivity (Wildman–Crippen MR) is 142 cm³/mol. The van der Waals surface area contributed by atoms with Crippen molar-refractivity contribution in [2.24, 2.45) is 0 Å². The molecule has 3 heterocycles. The van der Waals surface area contributed by atoms with Crippen LogP contribution in [-0.2, 0) is 11.3 Å². The Morgan fingerprint density at radius 3 is 2.32 bits per heavy atom. The average Bonchev–Trinajstić information content (AvgIpc) is 3.24. The van der Waals surface area contributed by atoms with Crippen LogP contribution in [-0.4, -0.2) is 36.7 Å². The van der Waals surface area contributed by atoms with Crippen molar-refractivity contribution in [3.63, 3.8) is 0 Å². The number of aromatic nitrogens is 5. The van der Waals surface area contributed by atoms with Crippen LogP contribution in [0.2, 0.25) is 5.02 Å². The lowest BCUT2D eigenvalue weighted by Gasteiger charge is -2.09. The van der Waals surface area contributed by atoms with Crippen LogP contribution in [0.1, 0.15) is 22.8 Å². The fourth-order valence-corrected chi connectivity index (χ4v) is 4.50. The van der Waals surface area contributed by atoms with E-state index in [-0.39, 0.29) is 5.56 Å². The van der Waals surface area contributed by atoms with Crippen LogP contribution in [0.25, 0.3) is 38.9 Å². The molecule has 6 rings (SSSR count). The van der Waals surface area contributed by atoms with E-state index >= 15 is 0 Å². The fourth-order valence-electron chi connectivity index (χ4n) is 4.38. The van der Waals surface area contributed by atoms with Crippen LogP contribution in [0.4, 0.5) is 0 Å². The molecule has 0 bridgehead atoms. The summed E-state index contributed by atoms with van der Waals surface area (Å²) in [5, 5.41) is 1.00. The van der Waals surface area contributed by atoms with Gasteiger partial charge >= 0.3 is 5.97 Å². The first kappa shape index (κ1) is 22.9. The van der Waals surface area contributed by atoms with Gasteiger partial charge in [-0.25, -0.2) is 19.7 Å². The summed E-state index contributed by atoms with van der Waals surface area (Å²) in [6, 6.07) is 21.8. The van der Waals surface area contributed by atoms with Crippen LogP contribution < -0.4 is 5.56 Å². The van der Waals surface area contributed by atoms with E-state index in [0.29, 0.717) is 62.7 Å². The van der Waals surface area contributed by atoms with Gasteiger partial charge in [0.05, 0.1) is 29.7 Å². The van der Waals surface area contributed by atoms with Gasteiger partial charge in [-0.15, -0.1) is 0 Å². The molecule has 0 aliphatic rings. The molecule has 0 spiro atoms. The Balaban J connectivity index is 1.59. The number of benzene rings is 3. The number of para-hydroxylation sites is 2. The van der Waals surface area contributed by atoms with Crippen molar-refractivity contribution in [3.05, 3.63) is 106 Å². The van der Waals surface area contributed by atoms with Gasteiger partial charge in [-0.2, -0.15) is 0 Å². The summed E-state index contributed by atoms with van der Waals surface area (Å²) in [5.74, 6) is -0.398. The van der Waals surface area contributed by atoms with Gasteiger partial charge in [-0.1, -0.05) is 35.9 Å². The number of hydrogen-bond acceptors (Lipinski definition) is 6. The van der Waals surface area contributed by atoms with Crippen molar-refractivity contribution in [1.29, 1.82) is 0 Å². The van der Waals surface area contributed by atoms with E-state index in [1.807, 2.05) is 36.4 Å². The molecule has 9 heteroatoms. The van der Waals surface area contributed by atoms with E-state index in [2.05, 4.69) is 4.98 Å². The van der Waals surface area contributed by atoms with Crippen molar-refractivity contribution < 1.29 is 9.53 Å². The van der Waals surface area contributed by atoms with Gasteiger partial charge in [0.2, 0.25) is 0 Å². The zero-order valence-corrected chi connectivity index (χ0v) is 20.5. The van der Waals surface area contributed by atoms with E-state index in [0.717, 1.165) is 5.56 Å². The molecule has 0 saturated heterocycles. The van der Waals surface area contributed by atoms with Crippen LogP contribution in [0.3, 0.4) is 0 Å². The second kappa shape index (κ2) is 9.15. The highest BCUT2D eigenvalue weighted by Gasteiger charge is 2.21. The van der Waals surface area contributed by atoms with Crippen molar-refractivity contribution in [3.8, 4) is 5.69 Å². The van der Waals surface area contributed by atoms with E-state index in [1.165, 1.54) is 6.33 Å². The van der Waals surface area contributed by atoms with Gasteiger partial charge in [0.25, 0.3) is 5.56 Å². The van der Waals surface area contributed by atoms with Gasteiger partial charge in [-0.3, -0.25) is 13.9 Å². The molecule has 0 atom stereocenters. The SMILES string of the molecule is CCOC(=O)c1ccc(-n2c3nc4ccccc4nc3c3c(=O)n(Cc4ccc(Cl)cc4)cnc32)cc1. The molecule has 0 aliphatic heterocycles. The first-order chi connectivity index (χ1) is 18.0. The predicted octanol–water partition coefficient (Wildman–Crippen LogP) is 5.16. The van der Waals surface area contributed by atoms with Gasteiger partial charge in [0.1, 0.15) is 17.2 Å². The van der Waals surface area contributed by atoms with Crippen LogP contribution in [0, 0.1) is 0 Å². The Morgan fingerprint density at radius 1 is 0.919 bits per heavy atom. The van der Waals surface area contributed by atoms with Crippen molar-refractivity contribution in [1.82, 2.24) is 24.1 Å². The molecule has 6 aromatic rings. The average molecular weight is 510 g/mol. The third-order valence-electron chi connectivity index (χ3n) is 6.13. The van der Waals surface area contributed by atoms with Crippen molar-refractivity contribution in [2.45, 2.75) is 13.5 Å². The molecule has 3 aromatic carbocycles. The normalized spacial score (nSPS) is 11.4. The number of carbonyl (C=O) groups excluding carboxylic acids is 1. The van der Waals surface area contributed by atoms with Crippen LogP contribution >= 0.6 is 11.6 Å². The van der Waals surface area contributed by atoms with E-state index in [1.54, 1.807) is 52.5 Å². The topological polar surface area (TPSA) is 91.9 Å². The maximum absolute atomic E-state index is 13.8. The fraction of sp³-hybridized carbons (Fsp3) is 0.107. The maximum atomic E-state index is 13.8. The van der Waals surface area contributed by atoms with Gasteiger partial charge < -0.3 is 4.74 Å². The minimum atomic E-state index is -0.398. The van der Waals surface area contributed by atoms with Gasteiger partial charge in [0, 0.05) is 10.7 Å². The molecule has 0 saturated carbocycles. The molecule has 0 N–H and O–H groups in total. The highest BCUT2D eigenvalue weighted by Crippen LogP contribution is 2.28. The first-order valence-electron chi connectivity index (χ1n) is 11.7. The summed E-state index contributed by atoms with van der Waals surface area (Å²) < 4.78 is 8.45. The molecular weight excluding hydrogens is 490 g/mol. The summed E-state index contributed by atoms with van der Waals surface area (Å²) >= 11 is 6.02. The third-order valence-corrected chi connectivity index (χ3v) is 6.39. The van der Waals surface area contributed by atoms with Crippen molar-refractivity contribution >= 4 is 50.8 Å². The van der Waals surface area contributed by atoms with Gasteiger partial charge in [0.15, 0.2) is 11.3 Å². The largest absolute Gasteiger partial charge is 0.462 e. The minimum Gasteiger partial charge on any atom is -0.462 e. The summed E-state index contributed by atoms with van der Waals surface area (Å²) in [6.45, 7) is 2.39. The summed E-state index contributed by atoms with van der Waals surface area (Å²) in [5.41, 5.74) is 4.60. The summed E-state index contributed by atoms with van der Waals surface area (Å²) in [6.07, 6.45) is 1.53. The lowest BCUT2D eigenvalue weighted by molar-refractivity contribution is 0.0526. The number of hydrogen-bond donors (Lipinski definition) is 0. The Labute approximate surface area is 215 Å². The van der Waals surface area contributed by atoms with E-state index in [9.17, 15) is 9.59 Å². The number of rotatable bonds is 5. The van der Waals surface area contributed by atoms with Crippen LogP contribution in [0.15, 0.2) is 83.9 Å². The zero-order chi connectivity index (χ0) is 25.5. The molecule has 0 fully saturated rings. The number of nitrogens with zero attached hydrogens (tertiary/aromatic N) is 5. The Morgan fingerprint density at radius 2 is 1.62 bits per heavy atom. The second-order valence-electron chi connectivity index (χ2n) is 8.49. The molecule has 0 amide bonds. The monoisotopic (exact) mass is 509 g/mol. The number of esters is 1. The standard InChI is InChI=1S/C28H20ClN5O3/c1-2-37-28(36)18-9-13-20(14-10-18)34-25-23(24-26(34)32-22-6-4-3-5-21(22)31-24)27(35)33(16-30-25)15-17-7-11-19(29)12-8-17/h3-14,16H,2,15H2,1H3. The van der Waals surface area contributed by atoms with E-state index in [4.69, 9.17) is 26.3 Å². The number of carbonyl (C=O) groups is 1. The number of ether oxygens (including phenoxy) is 1. The third kappa shape index (κ3) is 4.01. The summed E-state index contributed by atoms with van der Waals surface area (Å²) in [7, 11) is 0. The zero-order valence-electron chi connectivity index (χ0n) is 19.8. The minimum absolute atomic E-state index is 0.226. The molecule has 0 unspecified atom stereocenters. The number of halogens is 1. The Bertz CT molecular complexity index is 1860. The van der Waals surface area contributed by atoms with E-state index < -0.39 is 5.97 Å². The molecule has 37 heavy (non-hydrogen) atoms. The Kier molecular flexibility index (Phi) is 5.65. The maximum Gasteiger partial charge on any atom is 0.338 e. The smallest absolute Gasteiger partial charge is 0.338 e. The first-order valence-corrected chi connectivity index (χ1v) is 12.1. The van der Waals surface area contributed by atoms with Gasteiger partial charge in [-0.05, 0) is 61.0 Å². The molecule has 182 valence electrons. The highest BCUT2D eigenvalue weighted by molar-refractivity contribution is 6.30. The number of fused-ring (bicyclic) bond motifs is 4.